The first kappa shape index (κ1) is 14.4. The van der Waals surface area contributed by atoms with Crippen LogP contribution in [-0.2, 0) is 11.3 Å². The van der Waals surface area contributed by atoms with Gasteiger partial charge in [-0.15, -0.1) is 10.2 Å². The van der Waals surface area contributed by atoms with E-state index in [0.717, 1.165) is 17.5 Å². The normalized spacial score (nSPS) is 16.8. The molecule has 0 radical (unpaired) electrons. The van der Waals surface area contributed by atoms with E-state index in [-0.39, 0.29) is 5.75 Å². The van der Waals surface area contributed by atoms with E-state index in [0.29, 0.717) is 17.8 Å². The van der Waals surface area contributed by atoms with Crippen LogP contribution >= 0.6 is 11.8 Å². The van der Waals surface area contributed by atoms with Crippen molar-refractivity contribution >= 4 is 17.7 Å². The molecule has 2 rings (SSSR count). The molecule has 19 heavy (non-hydrogen) atoms. The quantitative estimate of drug-likeness (QED) is 0.779. The maximum atomic E-state index is 10.7. The Labute approximate surface area is 117 Å². The first-order chi connectivity index (χ1) is 8.99. The predicted octanol–water partition coefficient (Wildman–Crippen LogP) is 2.62. The van der Waals surface area contributed by atoms with Crippen molar-refractivity contribution in [3.8, 4) is 0 Å². The molecule has 1 saturated carbocycles. The standard InChI is InChI=1S/C13H21N3O2S/c1-8(2)9(3)6-16-12(10-4-5-10)14-15-13(16)19-7-11(17)18/h8-10H,4-7H2,1-3H3,(H,17,18). The SMILES string of the molecule is CC(C)C(C)Cn1c(SCC(=O)O)nnc1C1CC1. The molecule has 1 N–H and O–H groups in total. The van der Waals surface area contributed by atoms with E-state index in [2.05, 4.69) is 35.5 Å². The van der Waals surface area contributed by atoms with Crippen LogP contribution < -0.4 is 0 Å². The number of thioether (sulfide) groups is 1. The summed E-state index contributed by atoms with van der Waals surface area (Å²) in [5.41, 5.74) is 0. The molecule has 5 nitrogen and oxygen atoms in total. The fraction of sp³-hybridized carbons (Fsp3) is 0.769. The summed E-state index contributed by atoms with van der Waals surface area (Å²) in [6, 6.07) is 0. The zero-order chi connectivity index (χ0) is 14.0. The number of hydrogen-bond acceptors (Lipinski definition) is 4. The molecule has 1 unspecified atom stereocenters. The van der Waals surface area contributed by atoms with Gasteiger partial charge in [0.05, 0.1) is 5.75 Å². The highest BCUT2D eigenvalue weighted by Gasteiger charge is 2.31. The van der Waals surface area contributed by atoms with Crippen LogP contribution in [0.1, 0.15) is 45.4 Å². The molecule has 1 heterocycles. The minimum Gasteiger partial charge on any atom is -0.481 e. The van der Waals surface area contributed by atoms with Gasteiger partial charge < -0.3 is 9.67 Å². The Morgan fingerprint density at radius 2 is 2.11 bits per heavy atom. The predicted molar refractivity (Wildman–Crippen MR) is 74.4 cm³/mol. The zero-order valence-electron chi connectivity index (χ0n) is 11.7. The number of carboxylic acid groups (broad SMARTS) is 1. The van der Waals surface area contributed by atoms with E-state index in [1.807, 2.05) is 0 Å². The first-order valence-corrected chi connectivity index (χ1v) is 7.75. The minimum atomic E-state index is -0.815. The second-order valence-electron chi connectivity index (χ2n) is 5.63. The molecule has 1 fully saturated rings. The smallest absolute Gasteiger partial charge is 0.313 e. The molecular formula is C13H21N3O2S. The third kappa shape index (κ3) is 3.72. The molecule has 1 aromatic rings. The first-order valence-electron chi connectivity index (χ1n) is 6.76. The van der Waals surface area contributed by atoms with Gasteiger partial charge in [-0.2, -0.15) is 0 Å². The van der Waals surface area contributed by atoms with Crippen LogP contribution in [0.2, 0.25) is 0 Å². The second kappa shape index (κ2) is 5.94. The van der Waals surface area contributed by atoms with Crippen LogP contribution in [0.4, 0.5) is 0 Å². The molecule has 106 valence electrons. The maximum absolute atomic E-state index is 10.7. The van der Waals surface area contributed by atoms with Crippen molar-refractivity contribution in [1.29, 1.82) is 0 Å². The summed E-state index contributed by atoms with van der Waals surface area (Å²) in [5.74, 6) is 1.92. The molecule has 1 aliphatic rings. The van der Waals surface area contributed by atoms with Gasteiger partial charge in [0.25, 0.3) is 0 Å². The minimum absolute atomic E-state index is 0.0405. The molecule has 1 aliphatic carbocycles. The van der Waals surface area contributed by atoms with Crippen LogP contribution in [0.3, 0.4) is 0 Å². The van der Waals surface area contributed by atoms with Gasteiger partial charge in [0.1, 0.15) is 5.82 Å². The number of carbonyl (C=O) groups is 1. The summed E-state index contributed by atoms with van der Waals surface area (Å²) in [6.45, 7) is 7.50. The van der Waals surface area contributed by atoms with Crippen LogP contribution in [0, 0.1) is 11.8 Å². The van der Waals surface area contributed by atoms with Crippen molar-refractivity contribution in [3.05, 3.63) is 5.82 Å². The molecule has 6 heteroatoms. The summed E-state index contributed by atoms with van der Waals surface area (Å²) in [4.78, 5) is 10.7. The van der Waals surface area contributed by atoms with Gasteiger partial charge >= 0.3 is 5.97 Å². The zero-order valence-corrected chi connectivity index (χ0v) is 12.5. The molecule has 0 aromatic carbocycles. The Hall–Kier alpha value is -1.04. The molecule has 0 amide bonds. The molecule has 1 atom stereocenters. The van der Waals surface area contributed by atoms with E-state index in [4.69, 9.17) is 5.11 Å². The van der Waals surface area contributed by atoms with Crippen LogP contribution in [0.15, 0.2) is 5.16 Å². The molecule has 0 bridgehead atoms. The Kier molecular flexibility index (Phi) is 4.50. The monoisotopic (exact) mass is 283 g/mol. The maximum Gasteiger partial charge on any atom is 0.313 e. The topological polar surface area (TPSA) is 68.0 Å². The molecule has 0 aliphatic heterocycles. The van der Waals surface area contributed by atoms with Crippen LogP contribution in [0.25, 0.3) is 0 Å². The van der Waals surface area contributed by atoms with Crippen molar-refractivity contribution < 1.29 is 9.90 Å². The molecular weight excluding hydrogens is 262 g/mol. The average molecular weight is 283 g/mol. The van der Waals surface area contributed by atoms with E-state index >= 15 is 0 Å². The number of aromatic nitrogens is 3. The lowest BCUT2D eigenvalue weighted by molar-refractivity contribution is -0.133. The van der Waals surface area contributed by atoms with E-state index in [1.54, 1.807) is 0 Å². The third-order valence-corrected chi connectivity index (χ3v) is 4.57. The summed E-state index contributed by atoms with van der Waals surface area (Å²) in [5, 5.41) is 18.0. The van der Waals surface area contributed by atoms with Gasteiger partial charge in [0, 0.05) is 12.5 Å². The van der Waals surface area contributed by atoms with Crippen LogP contribution in [-0.4, -0.2) is 31.6 Å². The van der Waals surface area contributed by atoms with Gasteiger partial charge in [-0.05, 0) is 24.7 Å². The van der Waals surface area contributed by atoms with E-state index in [9.17, 15) is 4.79 Å². The highest BCUT2D eigenvalue weighted by molar-refractivity contribution is 7.99. The average Bonchev–Trinajstić information content (AvgIpc) is 3.10. The number of aliphatic carboxylic acids is 1. The summed E-state index contributed by atoms with van der Waals surface area (Å²) in [7, 11) is 0. The van der Waals surface area contributed by atoms with E-state index < -0.39 is 5.97 Å². The lowest BCUT2D eigenvalue weighted by atomic mass is 9.98. The van der Waals surface area contributed by atoms with Crippen molar-refractivity contribution in [1.82, 2.24) is 14.8 Å². The Bertz CT molecular complexity index is 455. The number of nitrogens with zero attached hydrogens (tertiary/aromatic N) is 3. The lowest BCUT2D eigenvalue weighted by Gasteiger charge is -2.18. The fourth-order valence-electron chi connectivity index (χ4n) is 1.85. The Morgan fingerprint density at radius 1 is 1.42 bits per heavy atom. The summed E-state index contributed by atoms with van der Waals surface area (Å²) in [6.07, 6.45) is 2.36. The van der Waals surface area contributed by atoms with Gasteiger partial charge in [0.2, 0.25) is 0 Å². The van der Waals surface area contributed by atoms with Gasteiger partial charge in [-0.25, -0.2) is 0 Å². The van der Waals surface area contributed by atoms with Gasteiger partial charge in [-0.3, -0.25) is 4.79 Å². The third-order valence-electron chi connectivity index (χ3n) is 3.62. The van der Waals surface area contributed by atoms with E-state index in [1.165, 1.54) is 24.6 Å². The Morgan fingerprint density at radius 3 is 2.63 bits per heavy atom. The number of carboxylic acids is 1. The summed E-state index contributed by atoms with van der Waals surface area (Å²) < 4.78 is 2.13. The van der Waals surface area contributed by atoms with Crippen molar-refractivity contribution in [3.63, 3.8) is 0 Å². The van der Waals surface area contributed by atoms with Crippen LogP contribution in [0.5, 0.6) is 0 Å². The fourth-order valence-corrected chi connectivity index (χ4v) is 2.52. The number of rotatable bonds is 7. The second-order valence-corrected chi connectivity index (χ2v) is 6.57. The highest BCUT2D eigenvalue weighted by atomic mass is 32.2. The largest absolute Gasteiger partial charge is 0.481 e. The summed E-state index contributed by atoms with van der Waals surface area (Å²) >= 11 is 1.26. The lowest BCUT2D eigenvalue weighted by Crippen LogP contribution is -2.16. The van der Waals surface area contributed by atoms with Gasteiger partial charge in [-0.1, -0.05) is 32.5 Å². The molecule has 0 saturated heterocycles. The van der Waals surface area contributed by atoms with Crippen molar-refractivity contribution in [2.45, 2.75) is 51.2 Å². The van der Waals surface area contributed by atoms with Crippen molar-refractivity contribution in [2.24, 2.45) is 11.8 Å². The number of hydrogen-bond donors (Lipinski definition) is 1. The molecule has 1 aromatic heterocycles. The molecule has 0 spiro atoms. The highest BCUT2D eigenvalue weighted by Crippen LogP contribution is 2.40. The van der Waals surface area contributed by atoms with Crippen molar-refractivity contribution in [2.75, 3.05) is 5.75 Å². The van der Waals surface area contributed by atoms with Gasteiger partial charge in [0.15, 0.2) is 5.16 Å². The Balaban J connectivity index is 2.15.